The van der Waals surface area contributed by atoms with Crippen LogP contribution in [0.25, 0.3) is 11.1 Å². The number of rotatable bonds is 18. The van der Waals surface area contributed by atoms with E-state index in [1.165, 1.54) is 18.1 Å². The minimum Gasteiger partial charge on any atom is -0.392 e. The van der Waals surface area contributed by atoms with Gasteiger partial charge in [-0.15, -0.1) is 0 Å². The number of nitrogens with one attached hydrogen (secondary N) is 2. The lowest BCUT2D eigenvalue weighted by Gasteiger charge is -2.38. The number of aliphatic hydroxyl groups excluding tert-OH is 1. The molecule has 1 heterocycles. The van der Waals surface area contributed by atoms with Crippen molar-refractivity contribution in [2.24, 2.45) is 0 Å². The summed E-state index contributed by atoms with van der Waals surface area (Å²) in [6.45, 7) is 4.92. The van der Waals surface area contributed by atoms with Crippen molar-refractivity contribution in [3.63, 3.8) is 0 Å². The van der Waals surface area contributed by atoms with E-state index in [2.05, 4.69) is 119 Å². The van der Waals surface area contributed by atoms with Crippen LogP contribution in [0.3, 0.4) is 0 Å². The molecule has 1 fully saturated rings. The smallest absolute Gasteiger partial charge is 0.220 e. The highest BCUT2D eigenvalue weighted by Crippen LogP contribution is 2.39. The van der Waals surface area contributed by atoms with Crippen molar-refractivity contribution in [3.05, 3.63) is 167 Å². The summed E-state index contributed by atoms with van der Waals surface area (Å²) in [4.78, 5) is 26.0. The minimum atomic E-state index is -0.586. The number of nitrogens with zero attached hydrogens (tertiary/aromatic N) is 1. The van der Waals surface area contributed by atoms with Gasteiger partial charge >= 0.3 is 0 Å². The molecule has 3 atom stereocenters. The fourth-order valence-corrected chi connectivity index (χ4v) is 7.06. The van der Waals surface area contributed by atoms with Crippen LogP contribution < -0.4 is 10.6 Å². The van der Waals surface area contributed by atoms with Gasteiger partial charge in [0.05, 0.1) is 18.8 Å². The van der Waals surface area contributed by atoms with E-state index in [0.717, 1.165) is 72.3 Å². The zero-order valence-electron chi connectivity index (χ0n) is 31.7. The number of hydrogen-bond acceptors (Lipinski definition) is 6. The van der Waals surface area contributed by atoms with Gasteiger partial charge in [-0.3, -0.25) is 14.5 Å². The number of amides is 2. The molecule has 8 heteroatoms. The average Bonchev–Trinajstić information content (AvgIpc) is 3.22. The lowest BCUT2D eigenvalue weighted by Crippen LogP contribution is -2.39. The Balaban J connectivity index is 1.16. The summed E-state index contributed by atoms with van der Waals surface area (Å²) >= 11 is 0. The van der Waals surface area contributed by atoms with Crippen LogP contribution in [0.15, 0.2) is 133 Å². The minimum absolute atomic E-state index is 0.00339. The number of hydrogen-bond donors (Lipinski definition) is 3. The molecule has 286 valence electrons. The quantitative estimate of drug-likeness (QED) is 0.0781. The molecular weight excluding hydrogens is 687 g/mol. The maximum absolute atomic E-state index is 12.5. The molecule has 0 bridgehead atoms. The number of ether oxygens (including phenoxy) is 2. The van der Waals surface area contributed by atoms with E-state index in [1.807, 2.05) is 30.3 Å². The van der Waals surface area contributed by atoms with Gasteiger partial charge in [-0.1, -0.05) is 128 Å². The molecule has 3 unspecified atom stereocenters. The Bertz CT molecular complexity index is 1890. The van der Waals surface area contributed by atoms with Gasteiger partial charge in [0.1, 0.15) is 0 Å². The summed E-state index contributed by atoms with van der Waals surface area (Å²) in [5.74, 6) is 0.00213. The van der Waals surface area contributed by atoms with Crippen LogP contribution in [0.5, 0.6) is 0 Å². The normalized spacial score (nSPS) is 16.8. The van der Waals surface area contributed by atoms with Gasteiger partial charge in [-0.25, -0.2) is 0 Å². The van der Waals surface area contributed by atoms with Crippen molar-refractivity contribution >= 4 is 11.8 Å². The third kappa shape index (κ3) is 12.5. The van der Waals surface area contributed by atoms with E-state index < -0.39 is 6.29 Å². The first kappa shape index (κ1) is 39.6. The van der Waals surface area contributed by atoms with E-state index >= 15 is 0 Å². The zero-order valence-corrected chi connectivity index (χ0v) is 31.7. The molecule has 6 rings (SSSR count). The number of unbranched alkanes of at least 4 members (excludes halogenated alkanes) is 2. The van der Waals surface area contributed by atoms with Gasteiger partial charge in [0.2, 0.25) is 11.8 Å². The predicted molar refractivity (Wildman–Crippen MR) is 216 cm³/mol. The van der Waals surface area contributed by atoms with Crippen molar-refractivity contribution in [1.82, 2.24) is 15.5 Å². The maximum atomic E-state index is 12.5. The number of carbonyl (C=O) groups excluding carboxylic acids is 2. The second-order valence-electron chi connectivity index (χ2n) is 14.4. The van der Waals surface area contributed by atoms with Gasteiger partial charge in [0, 0.05) is 58.1 Å². The lowest BCUT2D eigenvalue weighted by atomic mass is 9.98. The molecule has 0 radical (unpaired) electrons. The largest absolute Gasteiger partial charge is 0.392 e. The van der Waals surface area contributed by atoms with Gasteiger partial charge < -0.3 is 25.2 Å². The Kier molecular flexibility index (Phi) is 14.8. The maximum Gasteiger partial charge on any atom is 0.220 e. The summed E-state index contributed by atoms with van der Waals surface area (Å²) in [6.07, 6.45) is 2.82. The summed E-state index contributed by atoms with van der Waals surface area (Å²) in [6, 6.07) is 45.8. The zero-order chi connectivity index (χ0) is 38.2. The van der Waals surface area contributed by atoms with Gasteiger partial charge in [0.15, 0.2) is 6.29 Å². The molecule has 0 aliphatic carbocycles. The summed E-state index contributed by atoms with van der Waals surface area (Å²) in [7, 11) is 0. The van der Waals surface area contributed by atoms with Crippen molar-refractivity contribution < 1.29 is 24.2 Å². The molecule has 3 N–H and O–H groups in total. The highest BCUT2D eigenvalue weighted by Gasteiger charge is 2.33. The number of carbonyl (C=O) groups is 2. The highest BCUT2D eigenvalue weighted by atomic mass is 16.7. The second kappa shape index (κ2) is 20.5. The van der Waals surface area contributed by atoms with E-state index in [-0.39, 0.29) is 30.6 Å². The monoisotopic (exact) mass is 739 g/mol. The fourth-order valence-electron chi connectivity index (χ4n) is 7.06. The van der Waals surface area contributed by atoms with E-state index in [9.17, 15) is 14.7 Å². The predicted octanol–water partition coefficient (Wildman–Crippen LogP) is 8.41. The molecule has 55 heavy (non-hydrogen) atoms. The van der Waals surface area contributed by atoms with Crippen LogP contribution >= 0.6 is 0 Å². The SMILES string of the molecule is CC(=O)NCCCCCC(=O)NCc1cccc(-c2cccc(C3OC(CN(Cc4ccccc4)Cc4ccccc4)CC(c4ccc(CO)cc4)O3)c2)c1. The van der Waals surface area contributed by atoms with Crippen LogP contribution in [-0.2, 0) is 45.3 Å². The first-order valence-corrected chi connectivity index (χ1v) is 19.4. The molecule has 0 aromatic heterocycles. The van der Waals surface area contributed by atoms with E-state index in [4.69, 9.17) is 9.47 Å². The van der Waals surface area contributed by atoms with E-state index in [0.29, 0.717) is 25.9 Å². The first-order chi connectivity index (χ1) is 26.9. The van der Waals surface area contributed by atoms with Gasteiger partial charge in [0.25, 0.3) is 0 Å². The summed E-state index contributed by atoms with van der Waals surface area (Å²) < 4.78 is 13.6. The van der Waals surface area contributed by atoms with Crippen molar-refractivity contribution in [1.29, 1.82) is 0 Å². The molecule has 2 amide bonds. The summed E-state index contributed by atoms with van der Waals surface area (Å²) in [5.41, 5.74) is 8.48. The summed E-state index contributed by atoms with van der Waals surface area (Å²) in [5, 5.41) is 15.5. The van der Waals surface area contributed by atoms with Crippen molar-refractivity contribution in [3.8, 4) is 11.1 Å². The van der Waals surface area contributed by atoms with Crippen LogP contribution in [0.4, 0.5) is 0 Å². The Morgan fingerprint density at radius 3 is 2.00 bits per heavy atom. The highest BCUT2D eigenvalue weighted by molar-refractivity contribution is 5.76. The topological polar surface area (TPSA) is 100 Å². The standard InChI is InChI=1S/C47H53N3O5/c1-35(52)48-26-10-4-9-21-46(53)49-30-39-17-11-18-41(27-39)42-19-12-20-43(28-42)47-54-44(29-45(55-47)40-24-22-38(34-51)23-25-40)33-50(31-36-13-5-2-6-14-36)32-37-15-7-3-8-16-37/h2-3,5-8,11-20,22-25,27-28,44-45,47,51H,4,9-10,21,26,29-34H2,1H3,(H,48,52)(H,49,53). The number of benzene rings is 5. The Morgan fingerprint density at radius 2 is 1.33 bits per heavy atom. The second-order valence-corrected chi connectivity index (χ2v) is 14.4. The Morgan fingerprint density at radius 1 is 0.673 bits per heavy atom. The van der Waals surface area contributed by atoms with Crippen molar-refractivity contribution in [2.45, 2.75) is 83.8 Å². The van der Waals surface area contributed by atoms with Crippen LogP contribution in [-0.4, -0.2) is 41.0 Å². The molecule has 8 nitrogen and oxygen atoms in total. The molecule has 0 spiro atoms. The molecule has 1 saturated heterocycles. The fraction of sp³-hybridized carbons (Fsp3) is 0.319. The van der Waals surface area contributed by atoms with Crippen LogP contribution in [0, 0.1) is 0 Å². The van der Waals surface area contributed by atoms with Gasteiger partial charge in [-0.05, 0) is 63.9 Å². The molecular formula is C47H53N3O5. The van der Waals surface area contributed by atoms with Crippen LogP contribution in [0.1, 0.15) is 84.8 Å². The lowest BCUT2D eigenvalue weighted by molar-refractivity contribution is -0.253. The molecule has 1 aliphatic heterocycles. The third-order valence-corrected chi connectivity index (χ3v) is 9.94. The number of aliphatic hydroxyl groups is 1. The Labute approximate surface area is 325 Å². The first-order valence-electron chi connectivity index (χ1n) is 19.4. The van der Waals surface area contributed by atoms with Gasteiger partial charge in [-0.2, -0.15) is 0 Å². The molecule has 5 aromatic rings. The third-order valence-electron chi connectivity index (χ3n) is 9.94. The molecule has 0 saturated carbocycles. The van der Waals surface area contributed by atoms with E-state index in [1.54, 1.807) is 0 Å². The average molecular weight is 740 g/mol. The van der Waals surface area contributed by atoms with Crippen LogP contribution in [0.2, 0.25) is 0 Å². The Hall–Kier alpha value is -5.12. The molecule has 5 aromatic carbocycles. The molecule has 1 aliphatic rings. The van der Waals surface area contributed by atoms with Crippen molar-refractivity contribution in [2.75, 3.05) is 13.1 Å².